The summed E-state index contributed by atoms with van der Waals surface area (Å²) >= 11 is 1.26. The summed E-state index contributed by atoms with van der Waals surface area (Å²) in [5.41, 5.74) is 1.02. The van der Waals surface area contributed by atoms with Gasteiger partial charge in [-0.25, -0.2) is 13.8 Å². The molecule has 2 aromatic carbocycles. The Morgan fingerprint density at radius 1 is 1.04 bits per heavy atom. The van der Waals surface area contributed by atoms with Crippen molar-refractivity contribution in [1.82, 2.24) is 9.88 Å². The Labute approximate surface area is 148 Å². The molecule has 3 rings (SSSR count). The number of amides is 1. The fourth-order valence-electron chi connectivity index (χ4n) is 2.33. The average molecular weight is 361 g/mol. The van der Waals surface area contributed by atoms with Crippen LogP contribution >= 0.6 is 11.3 Å². The first-order valence-corrected chi connectivity index (χ1v) is 8.54. The van der Waals surface area contributed by atoms with Crippen LogP contribution in [0.5, 0.6) is 0 Å². The van der Waals surface area contributed by atoms with E-state index in [4.69, 9.17) is 0 Å². The van der Waals surface area contributed by atoms with Gasteiger partial charge in [0.2, 0.25) is 0 Å². The zero-order valence-corrected chi connectivity index (χ0v) is 14.7. The van der Waals surface area contributed by atoms with E-state index in [2.05, 4.69) is 4.98 Å². The molecule has 0 spiro atoms. The first-order chi connectivity index (χ1) is 11.9. The fourth-order valence-corrected chi connectivity index (χ4v) is 3.35. The van der Waals surface area contributed by atoms with Crippen molar-refractivity contribution in [3.05, 3.63) is 59.7 Å². The van der Waals surface area contributed by atoms with E-state index in [1.165, 1.54) is 47.7 Å². The van der Waals surface area contributed by atoms with Gasteiger partial charge >= 0.3 is 0 Å². The highest BCUT2D eigenvalue weighted by Gasteiger charge is 2.21. The number of hydrogen-bond donors (Lipinski definition) is 0. The topological polar surface area (TPSA) is 36.4 Å². The molecule has 0 saturated carbocycles. The third kappa shape index (κ3) is 4.00. The highest BCUT2D eigenvalue weighted by molar-refractivity contribution is 7.22. The maximum absolute atomic E-state index is 13.4. The number of anilines is 1. The summed E-state index contributed by atoms with van der Waals surface area (Å²) in [5.74, 6) is -0.999. The number of carbonyl (C=O) groups excluding carboxylic acids is 1. The van der Waals surface area contributed by atoms with Crippen LogP contribution in [0.25, 0.3) is 10.2 Å². The summed E-state index contributed by atoms with van der Waals surface area (Å²) in [4.78, 5) is 20.9. The lowest BCUT2D eigenvalue weighted by atomic mass is 10.2. The fraction of sp³-hybridized carbons (Fsp3) is 0.222. The number of rotatable bonds is 5. The monoisotopic (exact) mass is 361 g/mol. The zero-order chi connectivity index (χ0) is 18.0. The maximum atomic E-state index is 13.4. The van der Waals surface area contributed by atoms with E-state index in [9.17, 15) is 13.6 Å². The lowest BCUT2D eigenvalue weighted by Gasteiger charge is -2.22. The second-order valence-electron chi connectivity index (χ2n) is 5.88. The number of carbonyl (C=O) groups is 1. The van der Waals surface area contributed by atoms with Gasteiger partial charge in [-0.2, -0.15) is 0 Å². The van der Waals surface area contributed by atoms with Gasteiger partial charge in [-0.3, -0.25) is 9.69 Å². The van der Waals surface area contributed by atoms with Crippen LogP contribution in [0.15, 0.2) is 42.5 Å². The first-order valence-electron chi connectivity index (χ1n) is 7.72. The summed E-state index contributed by atoms with van der Waals surface area (Å²) in [6.07, 6.45) is 0. The van der Waals surface area contributed by atoms with Crippen molar-refractivity contribution >= 4 is 32.6 Å². The molecule has 4 nitrogen and oxygen atoms in total. The molecule has 0 N–H and O–H groups in total. The molecule has 0 aliphatic rings. The van der Waals surface area contributed by atoms with Crippen molar-refractivity contribution in [1.29, 1.82) is 0 Å². The van der Waals surface area contributed by atoms with Crippen molar-refractivity contribution in [2.24, 2.45) is 0 Å². The number of fused-ring (bicyclic) bond motifs is 1. The molecular formula is C18H17F2N3OS. The number of nitrogens with zero attached hydrogens (tertiary/aromatic N) is 3. The Balaban J connectivity index is 1.97. The van der Waals surface area contributed by atoms with Crippen LogP contribution in [0.2, 0.25) is 0 Å². The Bertz CT molecular complexity index is 893. The van der Waals surface area contributed by atoms with Crippen molar-refractivity contribution in [2.75, 3.05) is 32.1 Å². The van der Waals surface area contributed by atoms with E-state index in [-0.39, 0.29) is 11.7 Å². The van der Waals surface area contributed by atoms with E-state index in [0.29, 0.717) is 34.0 Å². The zero-order valence-electron chi connectivity index (χ0n) is 13.9. The van der Waals surface area contributed by atoms with Gasteiger partial charge in [0.1, 0.15) is 11.6 Å². The molecule has 1 heterocycles. The van der Waals surface area contributed by atoms with Crippen LogP contribution in [-0.4, -0.2) is 43.0 Å². The minimum absolute atomic E-state index is 0.263. The highest BCUT2D eigenvalue weighted by Crippen LogP contribution is 2.30. The largest absolute Gasteiger partial charge is 0.308 e. The van der Waals surface area contributed by atoms with E-state index in [0.717, 1.165) is 0 Å². The van der Waals surface area contributed by atoms with Crippen molar-refractivity contribution < 1.29 is 13.6 Å². The average Bonchev–Trinajstić information content (AvgIpc) is 2.98. The quantitative estimate of drug-likeness (QED) is 0.694. The van der Waals surface area contributed by atoms with Gasteiger partial charge in [-0.1, -0.05) is 11.3 Å². The lowest BCUT2D eigenvalue weighted by molar-refractivity contribution is 0.0985. The Morgan fingerprint density at radius 2 is 1.72 bits per heavy atom. The number of likely N-dealkylation sites (N-methyl/N-ethyl adjacent to an activating group) is 1. The Hall–Kier alpha value is -2.38. The second kappa shape index (κ2) is 7.25. The molecule has 7 heteroatoms. The van der Waals surface area contributed by atoms with Crippen molar-refractivity contribution in [3.8, 4) is 0 Å². The molecule has 25 heavy (non-hydrogen) atoms. The molecule has 0 fully saturated rings. The van der Waals surface area contributed by atoms with Gasteiger partial charge < -0.3 is 4.90 Å². The van der Waals surface area contributed by atoms with E-state index in [1.54, 1.807) is 11.0 Å². The van der Waals surface area contributed by atoms with E-state index in [1.807, 2.05) is 19.0 Å². The van der Waals surface area contributed by atoms with Gasteiger partial charge in [0.15, 0.2) is 5.13 Å². The second-order valence-corrected chi connectivity index (χ2v) is 6.88. The van der Waals surface area contributed by atoms with Gasteiger partial charge in [0.05, 0.1) is 10.2 Å². The van der Waals surface area contributed by atoms with Gasteiger partial charge in [-0.15, -0.1) is 0 Å². The molecule has 0 atom stereocenters. The predicted molar refractivity (Wildman–Crippen MR) is 96.2 cm³/mol. The summed E-state index contributed by atoms with van der Waals surface area (Å²) in [5, 5.41) is 0.497. The lowest BCUT2D eigenvalue weighted by Crippen LogP contribution is -2.36. The normalized spacial score (nSPS) is 11.2. The molecular weight excluding hydrogens is 344 g/mol. The van der Waals surface area contributed by atoms with E-state index < -0.39 is 5.82 Å². The number of aromatic nitrogens is 1. The minimum Gasteiger partial charge on any atom is -0.308 e. The van der Waals surface area contributed by atoms with Gasteiger partial charge in [-0.05, 0) is 56.6 Å². The predicted octanol–water partition coefficient (Wildman–Crippen LogP) is 3.78. The number of halogens is 2. The standard InChI is InChI=1S/C18H17F2N3OS/c1-22(2)9-10-23(17(24)12-3-5-13(19)6-4-12)18-21-15-8-7-14(20)11-16(15)25-18/h3-8,11H,9-10H2,1-2H3. The highest BCUT2D eigenvalue weighted by atomic mass is 32.1. The molecule has 0 bridgehead atoms. The summed E-state index contributed by atoms with van der Waals surface area (Å²) < 4.78 is 27.2. The molecule has 3 aromatic rings. The van der Waals surface area contributed by atoms with Crippen LogP contribution in [0.3, 0.4) is 0 Å². The third-order valence-corrected chi connectivity index (χ3v) is 4.72. The molecule has 0 unspecified atom stereocenters. The third-order valence-electron chi connectivity index (χ3n) is 3.68. The Morgan fingerprint density at radius 3 is 2.40 bits per heavy atom. The number of hydrogen-bond acceptors (Lipinski definition) is 4. The molecule has 1 aromatic heterocycles. The van der Waals surface area contributed by atoms with Crippen LogP contribution < -0.4 is 4.90 Å². The summed E-state index contributed by atoms with van der Waals surface area (Å²) in [6, 6.07) is 9.76. The number of thiazole rings is 1. The van der Waals surface area contributed by atoms with Crippen LogP contribution in [0, 0.1) is 11.6 Å². The molecule has 130 valence electrons. The molecule has 0 saturated heterocycles. The van der Waals surface area contributed by atoms with Crippen LogP contribution in [0.1, 0.15) is 10.4 Å². The molecule has 0 radical (unpaired) electrons. The van der Waals surface area contributed by atoms with Crippen LogP contribution in [0.4, 0.5) is 13.9 Å². The molecule has 0 aliphatic heterocycles. The smallest absolute Gasteiger partial charge is 0.260 e. The Kier molecular flexibility index (Phi) is 5.06. The number of benzene rings is 2. The van der Waals surface area contributed by atoms with Gasteiger partial charge in [0.25, 0.3) is 5.91 Å². The van der Waals surface area contributed by atoms with Crippen molar-refractivity contribution in [3.63, 3.8) is 0 Å². The summed E-state index contributed by atoms with van der Waals surface area (Å²) in [7, 11) is 3.82. The SMILES string of the molecule is CN(C)CCN(C(=O)c1ccc(F)cc1)c1nc2ccc(F)cc2s1. The van der Waals surface area contributed by atoms with Crippen molar-refractivity contribution in [2.45, 2.75) is 0 Å². The molecule has 1 amide bonds. The maximum Gasteiger partial charge on any atom is 0.260 e. The minimum atomic E-state index is -0.396. The first kappa shape index (κ1) is 17.4. The molecule has 0 aliphatic carbocycles. The van der Waals surface area contributed by atoms with Crippen LogP contribution in [-0.2, 0) is 0 Å². The summed E-state index contributed by atoms with van der Waals surface area (Å²) in [6.45, 7) is 1.06. The van der Waals surface area contributed by atoms with E-state index >= 15 is 0 Å². The van der Waals surface area contributed by atoms with Gasteiger partial charge in [0, 0.05) is 18.7 Å².